The Morgan fingerprint density at radius 3 is 0.875 bits per heavy atom. The first-order valence-electron chi connectivity index (χ1n) is 9.87. The van der Waals surface area contributed by atoms with Crippen LogP contribution < -0.4 is 13.6 Å². The van der Waals surface area contributed by atoms with Gasteiger partial charge in [0.2, 0.25) is 0 Å². The van der Waals surface area contributed by atoms with Gasteiger partial charge < -0.3 is 13.6 Å². The van der Waals surface area contributed by atoms with E-state index >= 15 is 0 Å². The molecule has 0 fully saturated rings. The lowest BCUT2D eigenvalue weighted by Gasteiger charge is -2.24. The summed E-state index contributed by atoms with van der Waals surface area (Å²) in [6.45, 7) is 11.4. The first-order valence-corrected chi connectivity index (χ1v) is 13.7. The minimum absolute atomic E-state index is 0.469. The van der Waals surface area contributed by atoms with Gasteiger partial charge in [0.25, 0.3) is 0 Å². The molecule has 0 heterocycles. The maximum absolute atomic E-state index is 14.2. The lowest BCUT2D eigenvalue weighted by molar-refractivity contribution is 0.294. The summed E-state index contributed by atoms with van der Waals surface area (Å²) in [6, 6.07) is 11.4. The van der Waals surface area contributed by atoms with E-state index in [0.717, 1.165) is 46.8 Å². The SMILES string of the molecule is Cc1cc(Br)cc(C)c1OP(=O)(Oc1c(C)cc(Br)cc1C)Oc1c(C)cc(Br)cc1C. The molecular formula is C24H24Br3O4P. The van der Waals surface area contributed by atoms with Crippen molar-refractivity contribution in [2.45, 2.75) is 41.5 Å². The molecule has 3 aromatic rings. The van der Waals surface area contributed by atoms with E-state index in [1.807, 2.05) is 77.9 Å². The van der Waals surface area contributed by atoms with Crippen molar-refractivity contribution < 1.29 is 18.1 Å². The maximum Gasteiger partial charge on any atom is 0.647 e. The average Bonchev–Trinajstić information content (AvgIpc) is 2.64. The Kier molecular flexibility index (Phi) is 7.86. The Morgan fingerprint density at radius 1 is 0.500 bits per heavy atom. The Morgan fingerprint density at radius 2 is 0.688 bits per heavy atom. The molecule has 0 bridgehead atoms. The van der Waals surface area contributed by atoms with E-state index in [1.165, 1.54) is 0 Å². The van der Waals surface area contributed by atoms with Gasteiger partial charge in [-0.25, -0.2) is 0 Å². The number of phosphoric acid groups is 1. The molecule has 3 aromatic carbocycles. The third kappa shape index (κ3) is 5.80. The van der Waals surface area contributed by atoms with Crippen molar-refractivity contribution in [2.24, 2.45) is 0 Å². The third-order valence-corrected chi connectivity index (χ3v) is 7.48. The molecule has 32 heavy (non-hydrogen) atoms. The Hall–Kier alpha value is -1.27. The summed E-state index contributed by atoms with van der Waals surface area (Å²) >= 11 is 10.5. The second-order valence-corrected chi connectivity index (χ2v) is 12.0. The van der Waals surface area contributed by atoms with Crippen molar-refractivity contribution >= 4 is 55.6 Å². The summed E-state index contributed by atoms with van der Waals surface area (Å²) < 4.78 is 35.1. The number of hydrogen-bond acceptors (Lipinski definition) is 4. The van der Waals surface area contributed by atoms with Gasteiger partial charge in [0.05, 0.1) is 0 Å². The highest BCUT2D eigenvalue weighted by Crippen LogP contribution is 2.53. The predicted molar refractivity (Wildman–Crippen MR) is 140 cm³/mol. The van der Waals surface area contributed by atoms with Crippen LogP contribution in [0.3, 0.4) is 0 Å². The summed E-state index contributed by atoms with van der Waals surface area (Å²) in [5.74, 6) is 1.41. The van der Waals surface area contributed by atoms with Crippen molar-refractivity contribution in [3.63, 3.8) is 0 Å². The van der Waals surface area contributed by atoms with Gasteiger partial charge in [0, 0.05) is 13.4 Å². The second kappa shape index (κ2) is 9.92. The van der Waals surface area contributed by atoms with Gasteiger partial charge in [0.1, 0.15) is 17.2 Å². The van der Waals surface area contributed by atoms with E-state index in [-0.39, 0.29) is 0 Å². The zero-order chi connectivity index (χ0) is 23.8. The van der Waals surface area contributed by atoms with Crippen molar-refractivity contribution in [2.75, 3.05) is 0 Å². The normalized spacial score (nSPS) is 11.4. The number of phosphoric ester groups is 1. The van der Waals surface area contributed by atoms with E-state index < -0.39 is 7.82 Å². The van der Waals surface area contributed by atoms with Crippen LogP contribution in [0.5, 0.6) is 17.2 Å². The molecule has 0 aliphatic carbocycles. The lowest BCUT2D eigenvalue weighted by atomic mass is 10.1. The van der Waals surface area contributed by atoms with Gasteiger partial charge in [-0.15, -0.1) is 0 Å². The van der Waals surface area contributed by atoms with Crippen LogP contribution >= 0.6 is 55.6 Å². The van der Waals surface area contributed by atoms with Crippen LogP contribution in [0.4, 0.5) is 0 Å². The van der Waals surface area contributed by atoms with Crippen LogP contribution in [0.2, 0.25) is 0 Å². The van der Waals surface area contributed by atoms with Crippen LogP contribution in [0.25, 0.3) is 0 Å². The molecular weight excluding hydrogens is 623 g/mol. The molecule has 170 valence electrons. The molecule has 0 aliphatic heterocycles. The Bertz CT molecular complexity index is 1020. The van der Waals surface area contributed by atoms with Gasteiger partial charge >= 0.3 is 7.82 Å². The van der Waals surface area contributed by atoms with Crippen LogP contribution in [-0.2, 0) is 4.57 Å². The monoisotopic (exact) mass is 644 g/mol. The lowest BCUT2D eigenvalue weighted by Crippen LogP contribution is -2.11. The highest BCUT2D eigenvalue weighted by molar-refractivity contribution is 9.11. The molecule has 0 radical (unpaired) electrons. The van der Waals surface area contributed by atoms with Crippen LogP contribution in [-0.4, -0.2) is 0 Å². The number of halogens is 3. The minimum atomic E-state index is -4.14. The number of aryl methyl sites for hydroxylation is 6. The molecule has 0 aliphatic rings. The average molecular weight is 647 g/mol. The van der Waals surface area contributed by atoms with E-state index in [0.29, 0.717) is 17.2 Å². The predicted octanol–water partition coefficient (Wildman–Crippen LogP) is 9.47. The molecule has 0 saturated carbocycles. The highest BCUT2D eigenvalue weighted by atomic mass is 79.9. The molecule has 0 amide bonds. The Balaban J connectivity index is 2.12. The second-order valence-electron chi connectivity index (χ2n) is 7.83. The highest BCUT2D eigenvalue weighted by Gasteiger charge is 2.36. The molecule has 0 unspecified atom stereocenters. The topological polar surface area (TPSA) is 44.8 Å². The molecule has 3 rings (SSSR count). The maximum atomic E-state index is 14.2. The minimum Gasteiger partial charge on any atom is -0.385 e. The molecule has 4 nitrogen and oxygen atoms in total. The standard InChI is InChI=1S/C24H24Br3O4P/c1-13-7-19(25)8-14(2)22(13)29-32(28,30-23-15(3)9-20(26)10-16(23)4)31-24-17(5)11-21(27)12-18(24)6/h7-12H,1-6H3. The van der Waals surface area contributed by atoms with Crippen molar-refractivity contribution in [3.8, 4) is 17.2 Å². The van der Waals surface area contributed by atoms with Gasteiger partial charge in [0.15, 0.2) is 0 Å². The molecule has 0 atom stereocenters. The summed E-state index contributed by atoms with van der Waals surface area (Å²) in [6.07, 6.45) is 0. The van der Waals surface area contributed by atoms with Crippen molar-refractivity contribution in [1.29, 1.82) is 0 Å². The zero-order valence-electron chi connectivity index (χ0n) is 18.7. The largest absolute Gasteiger partial charge is 0.647 e. The Labute approximate surface area is 214 Å². The molecule has 0 N–H and O–H groups in total. The number of rotatable bonds is 6. The van der Waals surface area contributed by atoms with Crippen LogP contribution in [0.15, 0.2) is 49.8 Å². The van der Waals surface area contributed by atoms with E-state index in [2.05, 4.69) is 47.8 Å². The van der Waals surface area contributed by atoms with Crippen LogP contribution in [0.1, 0.15) is 33.4 Å². The zero-order valence-corrected chi connectivity index (χ0v) is 24.3. The summed E-state index contributed by atoms with van der Waals surface area (Å²) in [5.41, 5.74) is 4.90. The van der Waals surface area contributed by atoms with E-state index in [1.54, 1.807) is 0 Å². The molecule has 0 aromatic heterocycles. The first kappa shape index (κ1) is 25.4. The van der Waals surface area contributed by atoms with Gasteiger partial charge in [-0.1, -0.05) is 47.8 Å². The number of hydrogen-bond donors (Lipinski definition) is 0. The smallest absolute Gasteiger partial charge is 0.385 e. The summed E-state index contributed by atoms with van der Waals surface area (Å²) in [5, 5.41) is 0. The van der Waals surface area contributed by atoms with Crippen molar-refractivity contribution in [3.05, 3.63) is 83.2 Å². The van der Waals surface area contributed by atoms with Crippen molar-refractivity contribution in [1.82, 2.24) is 0 Å². The first-order chi connectivity index (χ1) is 14.9. The van der Waals surface area contributed by atoms with Gasteiger partial charge in [-0.3, -0.25) is 0 Å². The quantitative estimate of drug-likeness (QED) is 0.250. The number of benzene rings is 3. The molecule has 0 saturated heterocycles. The van der Waals surface area contributed by atoms with Gasteiger partial charge in [-0.05, 0) is 111 Å². The summed E-state index contributed by atoms with van der Waals surface area (Å²) in [7, 11) is -4.14. The van der Waals surface area contributed by atoms with E-state index in [9.17, 15) is 4.57 Å². The fourth-order valence-corrected chi connectivity index (χ4v) is 7.22. The third-order valence-electron chi connectivity index (χ3n) is 4.88. The van der Waals surface area contributed by atoms with Crippen LogP contribution in [0, 0.1) is 41.5 Å². The fraction of sp³-hybridized carbons (Fsp3) is 0.250. The van der Waals surface area contributed by atoms with E-state index in [4.69, 9.17) is 13.6 Å². The fourth-order valence-electron chi connectivity index (χ4n) is 3.52. The van der Waals surface area contributed by atoms with Gasteiger partial charge in [-0.2, -0.15) is 4.57 Å². The summed E-state index contributed by atoms with van der Waals surface area (Å²) in [4.78, 5) is 0. The molecule has 0 spiro atoms. The molecule has 8 heteroatoms.